The van der Waals surface area contributed by atoms with Crippen LogP contribution in [-0.2, 0) is 40.6 Å². The number of rotatable bonds is 8. The van der Waals surface area contributed by atoms with Gasteiger partial charge in [-0.25, -0.2) is 0 Å². The maximum Gasteiger partial charge on any atom is 0.202 e. The minimum atomic E-state index is -1.03. The van der Waals surface area contributed by atoms with Gasteiger partial charge < -0.3 is 58.8 Å². The van der Waals surface area contributed by atoms with Gasteiger partial charge in [-0.05, 0) is 79.8 Å². The highest BCUT2D eigenvalue weighted by Crippen LogP contribution is 2.48. The summed E-state index contributed by atoms with van der Waals surface area (Å²) in [7, 11) is 3.78. The summed E-state index contributed by atoms with van der Waals surface area (Å²) in [4.78, 5) is 45.4. The molecule has 0 amide bonds. The van der Waals surface area contributed by atoms with Crippen LogP contribution in [0.2, 0.25) is 0 Å². The molecular weight excluding hydrogens is 764 g/mol. The third-order valence-electron chi connectivity index (χ3n) is 13.7. The summed E-state index contributed by atoms with van der Waals surface area (Å²) in [6.07, 6.45) is -5.58. The number of carbonyl (C=O) groups is 2. The fourth-order valence-corrected chi connectivity index (χ4v) is 9.35. The van der Waals surface area contributed by atoms with Crippen molar-refractivity contribution in [3.8, 4) is 5.75 Å². The molecule has 5 N–H and O–H groups in total. The van der Waals surface area contributed by atoms with Crippen molar-refractivity contribution in [2.75, 3.05) is 14.1 Å². The van der Waals surface area contributed by atoms with E-state index in [1.165, 1.54) is 18.2 Å². The second kappa shape index (κ2) is 15.1. The van der Waals surface area contributed by atoms with Gasteiger partial charge in [-0.3, -0.25) is 14.4 Å². The number of hydrogen-bond donors (Lipinski definition) is 4. The van der Waals surface area contributed by atoms with E-state index in [0.29, 0.717) is 24.0 Å². The number of likely N-dealkylation sites (N-methyl/N-ethyl adjacent to an activating group) is 1. The summed E-state index contributed by atoms with van der Waals surface area (Å²) in [5, 5.41) is 32.7. The van der Waals surface area contributed by atoms with Crippen molar-refractivity contribution in [3.05, 3.63) is 73.6 Å². The van der Waals surface area contributed by atoms with Gasteiger partial charge in [0.05, 0.1) is 59.7 Å². The molecule has 2 aromatic carbocycles. The molecule has 4 fully saturated rings. The highest BCUT2D eigenvalue weighted by Gasteiger charge is 2.53. The number of epoxide rings is 1. The molecule has 4 aliphatic heterocycles. The SMILES string of the molecule is CC1OC1(C)c1cc(=O)c2c(CO[C@@H]3C[C@@](C)(N)[C@H](C)[C@H](C)O3)cc3c(c2o1)C(=O)c1c(ccc([C@@H]2C[C@@H](N(C)C)[C@@H](OC4C[C@@H](O)[C@@H](O)[C@@H](C)O4)[C@@H](C)O2)c1O)C3=O. The summed E-state index contributed by atoms with van der Waals surface area (Å²) >= 11 is 0. The van der Waals surface area contributed by atoms with Crippen LogP contribution in [0.25, 0.3) is 11.0 Å². The second-order valence-electron chi connectivity index (χ2n) is 17.9. The molecule has 320 valence electrons. The van der Waals surface area contributed by atoms with E-state index in [1.54, 1.807) is 19.9 Å². The van der Waals surface area contributed by atoms with Gasteiger partial charge in [-0.15, -0.1) is 0 Å². The number of benzene rings is 2. The minimum Gasteiger partial charge on any atom is -0.507 e. The van der Waals surface area contributed by atoms with Crippen molar-refractivity contribution in [2.45, 2.75) is 153 Å². The van der Waals surface area contributed by atoms with Crippen LogP contribution in [0.3, 0.4) is 0 Å². The lowest BCUT2D eigenvalue weighted by molar-refractivity contribution is -0.287. The molecule has 0 spiro atoms. The first kappa shape index (κ1) is 42.1. The van der Waals surface area contributed by atoms with Crippen LogP contribution in [0.1, 0.15) is 123 Å². The molecule has 1 aliphatic carbocycles. The first-order valence-electron chi connectivity index (χ1n) is 20.5. The van der Waals surface area contributed by atoms with E-state index >= 15 is 0 Å². The first-order chi connectivity index (χ1) is 27.7. The van der Waals surface area contributed by atoms with Crippen LogP contribution in [0.4, 0.5) is 0 Å². The number of ketones is 2. The molecule has 8 rings (SSSR count). The zero-order valence-corrected chi connectivity index (χ0v) is 35.0. The van der Waals surface area contributed by atoms with Crippen molar-refractivity contribution < 1.29 is 57.7 Å². The average molecular weight is 821 g/mol. The van der Waals surface area contributed by atoms with Crippen LogP contribution >= 0.6 is 0 Å². The molecule has 15 nitrogen and oxygen atoms in total. The van der Waals surface area contributed by atoms with Crippen molar-refractivity contribution >= 4 is 22.5 Å². The fraction of sp³-hybridized carbons (Fsp3) is 0.614. The van der Waals surface area contributed by atoms with Gasteiger partial charge in [0.1, 0.15) is 29.3 Å². The number of fused-ring (bicyclic) bond motifs is 4. The zero-order chi connectivity index (χ0) is 42.6. The topological polar surface area (TPSA) is 213 Å². The Kier molecular flexibility index (Phi) is 10.8. The first-order valence-corrected chi connectivity index (χ1v) is 20.5. The van der Waals surface area contributed by atoms with Crippen LogP contribution in [0.5, 0.6) is 5.75 Å². The van der Waals surface area contributed by atoms with Crippen molar-refractivity contribution in [1.82, 2.24) is 4.90 Å². The Morgan fingerprint density at radius 2 is 1.58 bits per heavy atom. The summed E-state index contributed by atoms with van der Waals surface area (Å²) in [5.74, 6) is -1.35. The Balaban J connectivity index is 1.15. The lowest BCUT2D eigenvalue weighted by atomic mass is 9.79. The van der Waals surface area contributed by atoms with Crippen LogP contribution in [-0.4, -0.2) is 113 Å². The third-order valence-corrected chi connectivity index (χ3v) is 13.7. The highest BCUT2D eigenvalue weighted by atomic mass is 16.7. The molecule has 0 radical (unpaired) electrons. The van der Waals surface area contributed by atoms with Crippen LogP contribution in [0.15, 0.2) is 33.5 Å². The maximum absolute atomic E-state index is 14.8. The number of carbonyl (C=O) groups excluding carboxylic acids is 2. The lowest BCUT2D eigenvalue weighted by Gasteiger charge is -2.46. The summed E-state index contributed by atoms with van der Waals surface area (Å²) in [6, 6.07) is 5.70. The van der Waals surface area contributed by atoms with Gasteiger partial charge in [-0.1, -0.05) is 13.0 Å². The number of phenolic OH excluding ortho intramolecular Hbond substituents is 1. The molecule has 0 bridgehead atoms. The normalized spacial score (nSPS) is 38.4. The predicted molar refractivity (Wildman–Crippen MR) is 212 cm³/mol. The summed E-state index contributed by atoms with van der Waals surface area (Å²) in [6.45, 7) is 12.9. The van der Waals surface area contributed by atoms with E-state index in [0.717, 1.165) is 0 Å². The monoisotopic (exact) mass is 820 g/mol. The van der Waals surface area contributed by atoms with Crippen molar-refractivity contribution in [1.29, 1.82) is 0 Å². The van der Waals surface area contributed by atoms with Gasteiger partial charge in [0.25, 0.3) is 0 Å². The standard InChI is InChI=1S/C44H56N2O13/c1-18-19(2)55-33(16-43(18,6)45)53-17-23-12-26-36(42-34(23)28(47)14-31(57-42)44(7)22(5)59-44)40(52)35-25(38(26)50)11-10-24(39(35)51)30-13-27(46(8)9)41(21(4)54-30)58-32-15-29(48)37(49)20(3)56-32/h10-12,14,18-22,27,29-30,32-33,37,41,48-49,51H,13,15-17,45H2,1-9H3/t18-,19+,20-,21-,22?,27-,29-,30+,32?,33+,37+,41+,43-,44?/m1/s1. The largest absolute Gasteiger partial charge is 0.507 e. The van der Waals surface area contributed by atoms with E-state index in [2.05, 4.69) is 0 Å². The molecule has 5 aliphatic rings. The number of nitrogens with zero attached hydrogens (tertiary/aromatic N) is 1. The number of nitrogens with two attached hydrogens (primary N) is 1. The molecular formula is C44H56N2O13. The van der Waals surface area contributed by atoms with Crippen LogP contribution < -0.4 is 11.2 Å². The van der Waals surface area contributed by atoms with Crippen molar-refractivity contribution in [2.24, 2.45) is 11.7 Å². The van der Waals surface area contributed by atoms with Crippen LogP contribution in [0, 0.1) is 5.92 Å². The van der Waals surface area contributed by atoms with Gasteiger partial charge in [0.15, 0.2) is 29.4 Å². The number of phenols is 1. The van der Waals surface area contributed by atoms with Gasteiger partial charge in [-0.2, -0.15) is 0 Å². The summed E-state index contributed by atoms with van der Waals surface area (Å²) in [5.41, 5.74) is 4.88. The molecule has 4 saturated heterocycles. The number of aromatic hydroxyl groups is 1. The zero-order valence-electron chi connectivity index (χ0n) is 35.0. The Bertz CT molecular complexity index is 2230. The summed E-state index contributed by atoms with van der Waals surface area (Å²) < 4.78 is 43.3. The molecule has 15 heteroatoms. The lowest BCUT2D eigenvalue weighted by Crippen LogP contribution is -2.55. The molecule has 3 unspecified atom stereocenters. The smallest absolute Gasteiger partial charge is 0.202 e. The molecule has 1 aromatic heterocycles. The molecule has 59 heavy (non-hydrogen) atoms. The molecule has 3 aromatic rings. The Morgan fingerprint density at radius 3 is 2.22 bits per heavy atom. The predicted octanol–water partition coefficient (Wildman–Crippen LogP) is 3.93. The van der Waals surface area contributed by atoms with E-state index in [-0.39, 0.29) is 76.2 Å². The van der Waals surface area contributed by atoms with E-state index < -0.39 is 83.1 Å². The minimum absolute atomic E-state index is 0.00422. The second-order valence-corrected chi connectivity index (χ2v) is 17.9. The van der Waals surface area contributed by atoms with Gasteiger partial charge in [0, 0.05) is 53.1 Å². The Morgan fingerprint density at radius 1 is 0.881 bits per heavy atom. The van der Waals surface area contributed by atoms with E-state index in [1.807, 2.05) is 53.6 Å². The highest BCUT2D eigenvalue weighted by molar-refractivity contribution is 6.32. The maximum atomic E-state index is 14.8. The third kappa shape index (κ3) is 7.16. The van der Waals surface area contributed by atoms with E-state index in [4.69, 9.17) is 38.6 Å². The van der Waals surface area contributed by atoms with Gasteiger partial charge in [0.2, 0.25) is 5.78 Å². The Labute approximate surface area is 342 Å². The molecule has 14 atom stereocenters. The molecule has 5 heterocycles. The van der Waals surface area contributed by atoms with Gasteiger partial charge >= 0.3 is 0 Å². The molecule has 0 saturated carbocycles. The quantitative estimate of drug-likeness (QED) is 0.186. The number of ether oxygens (including phenoxy) is 6. The number of aliphatic hydroxyl groups excluding tert-OH is 2. The average Bonchev–Trinajstić information content (AvgIpc) is 3.80. The number of aliphatic hydroxyl groups is 2. The van der Waals surface area contributed by atoms with Crippen molar-refractivity contribution in [3.63, 3.8) is 0 Å². The Hall–Kier alpha value is -3.61. The number of hydrogen-bond acceptors (Lipinski definition) is 15. The van der Waals surface area contributed by atoms with E-state index in [9.17, 15) is 29.7 Å². The fourth-order valence-electron chi connectivity index (χ4n) is 9.35.